The number of ether oxygens (including phenoxy) is 1. The molecule has 0 heterocycles. The maximum Gasteiger partial charge on any atom is 0.387 e. The molecule has 0 aliphatic rings. The van der Waals surface area contributed by atoms with Crippen LogP contribution in [0.25, 0.3) is 0 Å². The first-order chi connectivity index (χ1) is 7.28. The Morgan fingerprint density at radius 1 is 1.44 bits per heavy atom. The zero-order valence-electron chi connectivity index (χ0n) is 8.28. The largest absolute Gasteiger partial charge is 0.435 e. The van der Waals surface area contributed by atoms with E-state index in [0.29, 0.717) is 11.1 Å². The molecule has 1 aromatic carbocycles. The summed E-state index contributed by atoms with van der Waals surface area (Å²) in [6, 6.07) is 4.23. The normalized spacial score (nSPS) is 11.8. The minimum absolute atomic E-state index is 0.0483. The molecule has 0 atom stereocenters. The van der Waals surface area contributed by atoms with Gasteiger partial charge in [-0.25, -0.2) is 8.42 Å². The summed E-state index contributed by atoms with van der Waals surface area (Å²) in [5.41, 5.74) is 0.798. The summed E-state index contributed by atoms with van der Waals surface area (Å²) in [4.78, 5) is 0. The molecule has 7 heteroatoms. The van der Waals surface area contributed by atoms with E-state index >= 15 is 0 Å². The van der Waals surface area contributed by atoms with E-state index in [9.17, 15) is 17.2 Å². The second kappa shape index (κ2) is 4.97. The third-order valence-corrected chi connectivity index (χ3v) is 2.81. The van der Waals surface area contributed by atoms with Crippen molar-refractivity contribution in [1.29, 1.82) is 0 Å². The molecule has 0 fully saturated rings. The van der Waals surface area contributed by atoms with Gasteiger partial charge in [-0.3, -0.25) is 0 Å². The van der Waals surface area contributed by atoms with Crippen LogP contribution < -0.4 is 4.74 Å². The van der Waals surface area contributed by atoms with Crippen LogP contribution >= 0.6 is 10.7 Å². The monoisotopic (exact) mass is 270 g/mol. The van der Waals surface area contributed by atoms with E-state index in [2.05, 4.69) is 4.74 Å². The van der Waals surface area contributed by atoms with Crippen LogP contribution in [0.2, 0.25) is 0 Å². The second-order valence-electron chi connectivity index (χ2n) is 3.16. The lowest BCUT2D eigenvalue weighted by molar-refractivity contribution is -0.0503. The highest BCUT2D eigenvalue weighted by molar-refractivity contribution is 8.13. The molecule has 0 bridgehead atoms. The van der Waals surface area contributed by atoms with E-state index in [1.165, 1.54) is 18.2 Å². The van der Waals surface area contributed by atoms with Gasteiger partial charge in [-0.15, -0.1) is 0 Å². The Hall–Kier alpha value is -0.880. The Bertz CT molecular complexity index is 474. The van der Waals surface area contributed by atoms with Crippen LogP contribution in [0, 0.1) is 6.92 Å². The van der Waals surface area contributed by atoms with Crippen LogP contribution in [-0.2, 0) is 14.8 Å². The SMILES string of the molecule is Cc1ccc(CS(=O)(=O)Cl)cc1OC(F)F. The van der Waals surface area contributed by atoms with Crippen molar-refractivity contribution in [2.75, 3.05) is 0 Å². The van der Waals surface area contributed by atoms with Gasteiger partial charge in [0.25, 0.3) is 0 Å². The van der Waals surface area contributed by atoms with Crippen LogP contribution in [0.3, 0.4) is 0 Å². The number of halogens is 3. The minimum Gasteiger partial charge on any atom is -0.435 e. The van der Waals surface area contributed by atoms with Crippen LogP contribution in [0.5, 0.6) is 5.75 Å². The van der Waals surface area contributed by atoms with Crippen molar-refractivity contribution >= 4 is 19.7 Å². The van der Waals surface area contributed by atoms with Gasteiger partial charge in [0.1, 0.15) is 5.75 Å². The number of hydrogen-bond donors (Lipinski definition) is 0. The number of hydrogen-bond acceptors (Lipinski definition) is 3. The molecule has 0 saturated heterocycles. The molecule has 0 radical (unpaired) electrons. The summed E-state index contributed by atoms with van der Waals surface area (Å²) in [6.45, 7) is -1.36. The quantitative estimate of drug-likeness (QED) is 0.790. The zero-order valence-corrected chi connectivity index (χ0v) is 9.86. The van der Waals surface area contributed by atoms with Crippen molar-refractivity contribution in [1.82, 2.24) is 0 Å². The second-order valence-corrected chi connectivity index (χ2v) is 5.94. The summed E-state index contributed by atoms with van der Waals surface area (Å²) in [6.07, 6.45) is 0. The van der Waals surface area contributed by atoms with Crippen molar-refractivity contribution in [3.63, 3.8) is 0 Å². The Kier molecular flexibility index (Phi) is 4.09. The standard InChI is InChI=1S/C9H9ClF2O3S/c1-6-2-3-7(5-16(10,13)14)4-8(6)15-9(11)12/h2-4,9H,5H2,1H3. The van der Waals surface area contributed by atoms with Gasteiger partial charge in [-0.2, -0.15) is 8.78 Å². The summed E-state index contributed by atoms with van der Waals surface area (Å²) in [7, 11) is 1.34. The van der Waals surface area contributed by atoms with Crippen molar-refractivity contribution < 1.29 is 21.9 Å². The molecule has 0 aliphatic carbocycles. The highest BCUT2D eigenvalue weighted by atomic mass is 35.7. The summed E-state index contributed by atoms with van der Waals surface area (Å²) >= 11 is 0. The third kappa shape index (κ3) is 4.32. The molecule has 0 amide bonds. The van der Waals surface area contributed by atoms with Crippen LogP contribution in [0.15, 0.2) is 18.2 Å². The molecule has 0 aliphatic heterocycles. The lowest BCUT2D eigenvalue weighted by Gasteiger charge is -2.09. The number of aryl methyl sites for hydroxylation is 1. The predicted molar refractivity (Wildman–Crippen MR) is 56.3 cm³/mol. The Balaban J connectivity index is 2.98. The molecular formula is C9H9ClF2O3S. The van der Waals surface area contributed by atoms with Gasteiger partial charge in [0, 0.05) is 10.7 Å². The number of rotatable bonds is 4. The summed E-state index contributed by atoms with van der Waals surface area (Å²) in [5.74, 6) is -0.471. The molecule has 0 N–H and O–H groups in total. The van der Waals surface area contributed by atoms with Gasteiger partial charge in [-0.1, -0.05) is 12.1 Å². The van der Waals surface area contributed by atoms with E-state index in [-0.39, 0.29) is 5.75 Å². The average Bonchev–Trinajstić information content (AvgIpc) is 2.07. The number of benzene rings is 1. The lowest BCUT2D eigenvalue weighted by Crippen LogP contribution is -2.04. The van der Waals surface area contributed by atoms with Crippen molar-refractivity contribution in [2.45, 2.75) is 19.3 Å². The van der Waals surface area contributed by atoms with Gasteiger partial charge < -0.3 is 4.74 Å². The predicted octanol–water partition coefficient (Wildman–Crippen LogP) is 2.67. The van der Waals surface area contributed by atoms with E-state index in [4.69, 9.17) is 10.7 Å². The molecule has 3 nitrogen and oxygen atoms in total. The van der Waals surface area contributed by atoms with Crippen molar-refractivity contribution in [3.05, 3.63) is 29.3 Å². The van der Waals surface area contributed by atoms with Gasteiger partial charge >= 0.3 is 6.61 Å². The van der Waals surface area contributed by atoms with Gasteiger partial charge in [0.05, 0.1) is 5.75 Å². The number of alkyl halides is 2. The zero-order chi connectivity index (χ0) is 12.3. The van der Waals surface area contributed by atoms with Crippen molar-refractivity contribution in [2.24, 2.45) is 0 Å². The minimum atomic E-state index is -3.71. The van der Waals surface area contributed by atoms with Gasteiger partial charge in [-0.05, 0) is 24.1 Å². The van der Waals surface area contributed by atoms with Gasteiger partial charge in [0.2, 0.25) is 9.05 Å². The van der Waals surface area contributed by atoms with Crippen LogP contribution in [0.1, 0.15) is 11.1 Å². The highest BCUT2D eigenvalue weighted by Crippen LogP contribution is 2.23. The van der Waals surface area contributed by atoms with E-state index in [1.807, 2.05) is 0 Å². The molecular weight excluding hydrogens is 262 g/mol. The Morgan fingerprint density at radius 2 is 2.06 bits per heavy atom. The molecule has 0 saturated carbocycles. The highest BCUT2D eigenvalue weighted by Gasteiger charge is 2.11. The topological polar surface area (TPSA) is 43.4 Å². The fraction of sp³-hybridized carbons (Fsp3) is 0.333. The average molecular weight is 271 g/mol. The third-order valence-electron chi connectivity index (χ3n) is 1.81. The fourth-order valence-corrected chi connectivity index (χ4v) is 2.11. The lowest BCUT2D eigenvalue weighted by atomic mass is 10.1. The van der Waals surface area contributed by atoms with E-state index in [0.717, 1.165) is 0 Å². The van der Waals surface area contributed by atoms with Gasteiger partial charge in [0.15, 0.2) is 0 Å². The molecule has 90 valence electrons. The fourth-order valence-electron chi connectivity index (χ4n) is 1.16. The molecule has 0 spiro atoms. The van der Waals surface area contributed by atoms with E-state index in [1.54, 1.807) is 6.92 Å². The first kappa shape index (κ1) is 13.2. The smallest absolute Gasteiger partial charge is 0.387 e. The Labute approximate surface area is 96.4 Å². The van der Waals surface area contributed by atoms with Crippen molar-refractivity contribution in [3.8, 4) is 5.75 Å². The molecule has 0 unspecified atom stereocenters. The van der Waals surface area contributed by atoms with Crippen LogP contribution in [-0.4, -0.2) is 15.0 Å². The molecule has 0 aromatic heterocycles. The maximum absolute atomic E-state index is 12.0. The summed E-state index contributed by atoms with van der Waals surface area (Å²) < 4.78 is 49.8. The van der Waals surface area contributed by atoms with E-state index < -0.39 is 21.4 Å². The first-order valence-electron chi connectivity index (χ1n) is 4.24. The maximum atomic E-state index is 12.0. The molecule has 16 heavy (non-hydrogen) atoms. The van der Waals surface area contributed by atoms with Crippen LogP contribution in [0.4, 0.5) is 8.78 Å². The summed E-state index contributed by atoms with van der Waals surface area (Å²) in [5, 5.41) is 0. The Morgan fingerprint density at radius 3 is 2.56 bits per heavy atom. The molecule has 1 rings (SSSR count). The first-order valence-corrected chi connectivity index (χ1v) is 6.72. The molecule has 1 aromatic rings.